The second-order valence-electron chi connectivity index (χ2n) is 5.29. The molecular formula is C14H19FO4S. The molecule has 0 radical (unpaired) electrons. The number of halogens is 1. The summed E-state index contributed by atoms with van der Waals surface area (Å²) < 4.78 is 37.3. The maximum absolute atomic E-state index is 13.8. The van der Waals surface area contributed by atoms with Crippen LogP contribution in [0.5, 0.6) is 0 Å². The van der Waals surface area contributed by atoms with Crippen LogP contribution in [0.15, 0.2) is 17.0 Å². The first kappa shape index (κ1) is 15.4. The fourth-order valence-electron chi connectivity index (χ4n) is 2.76. The van der Waals surface area contributed by atoms with Gasteiger partial charge in [0.25, 0.3) is 0 Å². The fraction of sp³-hybridized carbons (Fsp3) is 0.571. The van der Waals surface area contributed by atoms with Crippen molar-refractivity contribution in [1.82, 2.24) is 0 Å². The molecule has 1 aromatic carbocycles. The number of aliphatic hydroxyl groups is 2. The summed E-state index contributed by atoms with van der Waals surface area (Å²) in [6.07, 6.45) is -1.49. The maximum Gasteiger partial charge on any atom is 0.175 e. The van der Waals surface area contributed by atoms with Crippen LogP contribution < -0.4 is 0 Å². The first-order valence-corrected chi connectivity index (χ1v) is 8.52. The first-order valence-electron chi connectivity index (χ1n) is 6.63. The van der Waals surface area contributed by atoms with Gasteiger partial charge >= 0.3 is 0 Å². The van der Waals surface area contributed by atoms with Crippen molar-refractivity contribution in [3.8, 4) is 0 Å². The summed E-state index contributed by atoms with van der Waals surface area (Å²) in [4.78, 5) is -0.0485. The molecule has 0 saturated carbocycles. The van der Waals surface area contributed by atoms with Crippen molar-refractivity contribution >= 4 is 9.84 Å². The van der Waals surface area contributed by atoms with E-state index in [-0.39, 0.29) is 16.9 Å². The predicted octanol–water partition coefficient (Wildman–Crippen LogP) is 1.85. The molecule has 2 N–H and O–H groups in total. The molecule has 0 unspecified atom stereocenters. The zero-order chi connectivity index (χ0) is 15.1. The van der Waals surface area contributed by atoms with Gasteiger partial charge in [0.05, 0.1) is 11.0 Å². The number of alkyl halides is 1. The van der Waals surface area contributed by atoms with Crippen LogP contribution in [-0.4, -0.2) is 31.1 Å². The second kappa shape index (κ2) is 5.42. The summed E-state index contributed by atoms with van der Waals surface area (Å²) in [5.41, 5.74) is 1.08. The molecule has 0 fully saturated rings. The highest BCUT2D eigenvalue weighted by atomic mass is 32.2. The van der Waals surface area contributed by atoms with Crippen molar-refractivity contribution in [3.63, 3.8) is 0 Å². The van der Waals surface area contributed by atoms with Crippen LogP contribution in [-0.2, 0) is 16.3 Å². The molecule has 112 valence electrons. The molecule has 0 spiro atoms. The molecule has 0 aliphatic heterocycles. The van der Waals surface area contributed by atoms with Crippen LogP contribution in [0.2, 0.25) is 0 Å². The number of aliphatic hydroxyl groups excluding tert-OH is 2. The Morgan fingerprint density at radius 3 is 2.65 bits per heavy atom. The Hall–Kier alpha value is -0.980. The van der Waals surface area contributed by atoms with E-state index in [9.17, 15) is 23.0 Å². The Labute approximate surface area is 118 Å². The van der Waals surface area contributed by atoms with Gasteiger partial charge in [-0.25, -0.2) is 12.8 Å². The van der Waals surface area contributed by atoms with Gasteiger partial charge in [0.15, 0.2) is 9.84 Å². The van der Waals surface area contributed by atoms with E-state index >= 15 is 0 Å². The molecule has 1 aliphatic carbocycles. The van der Waals surface area contributed by atoms with Crippen LogP contribution in [0, 0.1) is 0 Å². The van der Waals surface area contributed by atoms with E-state index in [0.717, 1.165) is 12.7 Å². The van der Waals surface area contributed by atoms with Gasteiger partial charge in [0.1, 0.15) is 12.3 Å². The largest absolute Gasteiger partial charge is 0.388 e. The Morgan fingerprint density at radius 1 is 1.45 bits per heavy atom. The molecule has 6 heteroatoms. The molecule has 0 amide bonds. The lowest BCUT2D eigenvalue weighted by Crippen LogP contribution is -2.10. The summed E-state index contributed by atoms with van der Waals surface area (Å²) in [6, 6.07) is 2.88. The minimum absolute atomic E-state index is 0.0485. The highest BCUT2D eigenvalue weighted by molar-refractivity contribution is 7.90. The lowest BCUT2D eigenvalue weighted by atomic mass is 9.96. The van der Waals surface area contributed by atoms with Crippen LogP contribution in [0.3, 0.4) is 0 Å². The van der Waals surface area contributed by atoms with E-state index in [1.54, 1.807) is 0 Å². The van der Waals surface area contributed by atoms with Crippen molar-refractivity contribution in [1.29, 1.82) is 0 Å². The zero-order valence-corrected chi connectivity index (χ0v) is 12.3. The van der Waals surface area contributed by atoms with Crippen molar-refractivity contribution in [2.45, 2.75) is 49.5 Å². The number of hydrogen-bond acceptors (Lipinski definition) is 4. The lowest BCUT2D eigenvalue weighted by Gasteiger charge is -2.17. The van der Waals surface area contributed by atoms with Gasteiger partial charge in [-0.15, -0.1) is 0 Å². The summed E-state index contributed by atoms with van der Waals surface area (Å²) in [5.74, 6) is 0. The van der Waals surface area contributed by atoms with Crippen molar-refractivity contribution in [2.24, 2.45) is 0 Å². The molecule has 1 aliphatic rings. The molecule has 4 nitrogen and oxygen atoms in total. The van der Waals surface area contributed by atoms with E-state index < -0.39 is 28.2 Å². The van der Waals surface area contributed by atoms with Gasteiger partial charge in [-0.3, -0.25) is 0 Å². The van der Waals surface area contributed by atoms with Gasteiger partial charge in [-0.2, -0.15) is 0 Å². The maximum atomic E-state index is 13.8. The van der Waals surface area contributed by atoms with Crippen LogP contribution in [0.1, 0.15) is 48.7 Å². The fourth-order valence-corrected chi connectivity index (χ4v) is 3.72. The Balaban J connectivity index is 2.63. The Kier molecular flexibility index (Phi) is 4.18. The average molecular weight is 302 g/mol. The van der Waals surface area contributed by atoms with Gasteiger partial charge in [-0.05, 0) is 23.6 Å². The summed E-state index contributed by atoms with van der Waals surface area (Å²) in [5, 5.41) is 20.0. The van der Waals surface area contributed by atoms with E-state index in [1.165, 1.54) is 12.1 Å². The molecule has 0 bridgehead atoms. The van der Waals surface area contributed by atoms with Gasteiger partial charge in [0, 0.05) is 18.2 Å². The molecule has 1 aromatic rings. The Bertz CT molecular complexity index is 612. The third kappa shape index (κ3) is 2.60. The summed E-state index contributed by atoms with van der Waals surface area (Å²) >= 11 is 0. The first-order chi connectivity index (χ1) is 9.27. The lowest BCUT2D eigenvalue weighted by molar-refractivity contribution is 0.0907. The molecular weight excluding hydrogens is 283 g/mol. The smallest absolute Gasteiger partial charge is 0.175 e. The third-order valence-electron chi connectivity index (χ3n) is 3.71. The minimum atomic E-state index is -3.55. The van der Waals surface area contributed by atoms with E-state index in [4.69, 9.17) is 0 Å². The quantitative estimate of drug-likeness (QED) is 0.890. The number of fused-ring (bicyclic) bond motifs is 1. The van der Waals surface area contributed by atoms with E-state index in [2.05, 4.69) is 0 Å². The monoisotopic (exact) mass is 302 g/mol. The van der Waals surface area contributed by atoms with Crippen LogP contribution in [0.25, 0.3) is 0 Å². The number of benzene rings is 1. The molecule has 3 atom stereocenters. The van der Waals surface area contributed by atoms with Crippen molar-refractivity contribution < 1.29 is 23.0 Å². The molecule has 2 rings (SSSR count). The third-order valence-corrected chi connectivity index (χ3v) is 4.87. The van der Waals surface area contributed by atoms with Crippen LogP contribution >= 0.6 is 0 Å². The van der Waals surface area contributed by atoms with Crippen molar-refractivity contribution in [2.75, 3.05) is 6.26 Å². The summed E-state index contributed by atoms with van der Waals surface area (Å²) in [6.45, 7) is 1.92. The zero-order valence-electron chi connectivity index (χ0n) is 11.5. The normalized spacial score (nSPS) is 23.6. The minimum Gasteiger partial charge on any atom is -0.388 e. The average Bonchev–Trinajstić information content (AvgIpc) is 2.64. The highest BCUT2D eigenvalue weighted by Gasteiger charge is 2.37. The predicted molar refractivity (Wildman–Crippen MR) is 73.0 cm³/mol. The number of hydrogen-bond donors (Lipinski definition) is 2. The number of sulfone groups is 1. The number of rotatable bonds is 4. The molecule has 0 heterocycles. The Morgan fingerprint density at radius 2 is 2.10 bits per heavy atom. The molecule has 0 saturated heterocycles. The standard InChI is InChI=1S/C14H19FO4S/c1-3-4-11(16)8-5-6-12(20(2,18)19)13-9(8)7-10(15)14(13)17/h5-6,10-11,14,16-17H,3-4,7H2,1-2H3/t10-,11+,14-/m1/s1. The molecule has 20 heavy (non-hydrogen) atoms. The van der Waals surface area contributed by atoms with Crippen molar-refractivity contribution in [3.05, 3.63) is 28.8 Å². The SMILES string of the molecule is CCC[C@H](O)c1ccc(S(C)(=O)=O)c2c1C[C@@H](F)[C@H]2O. The van der Waals surface area contributed by atoms with Gasteiger partial charge < -0.3 is 10.2 Å². The van der Waals surface area contributed by atoms with Gasteiger partial charge in [-0.1, -0.05) is 19.4 Å². The topological polar surface area (TPSA) is 74.6 Å². The second-order valence-corrected chi connectivity index (χ2v) is 7.27. The van der Waals surface area contributed by atoms with E-state index in [0.29, 0.717) is 17.5 Å². The van der Waals surface area contributed by atoms with E-state index in [1.807, 2.05) is 6.92 Å². The summed E-state index contributed by atoms with van der Waals surface area (Å²) in [7, 11) is -3.55. The highest BCUT2D eigenvalue weighted by Crippen LogP contribution is 2.41. The van der Waals surface area contributed by atoms with Gasteiger partial charge in [0.2, 0.25) is 0 Å². The van der Waals surface area contributed by atoms with Crippen LogP contribution in [0.4, 0.5) is 4.39 Å². The molecule has 0 aromatic heterocycles.